The third-order valence-corrected chi connectivity index (χ3v) is 5.95. The lowest BCUT2D eigenvalue weighted by Gasteiger charge is -2.37. The molecule has 0 bridgehead atoms. The maximum atomic E-state index is 12.5. The molecule has 0 saturated carbocycles. The highest BCUT2D eigenvalue weighted by molar-refractivity contribution is 5.79. The standard InChI is InChI=1S/C22H25NO3/c1-22(15-24)10-12-23(13-11-22)21(25)26-14-20-18-8-4-2-6-16(18)17-7-3-5-9-19(17)20/h2-9,20,24H,10-15H2,1H3. The molecular formula is C22H25NO3. The molecule has 4 rings (SSSR count). The predicted octanol–water partition coefficient (Wildman–Crippen LogP) is 4.03. The van der Waals surface area contributed by atoms with Crippen LogP contribution in [-0.4, -0.2) is 42.4 Å². The van der Waals surface area contributed by atoms with Gasteiger partial charge in [0.25, 0.3) is 0 Å². The highest BCUT2D eigenvalue weighted by Gasteiger charge is 2.33. The van der Waals surface area contributed by atoms with Crippen LogP contribution in [-0.2, 0) is 4.74 Å². The van der Waals surface area contributed by atoms with Gasteiger partial charge in [0.2, 0.25) is 0 Å². The topological polar surface area (TPSA) is 49.8 Å². The van der Waals surface area contributed by atoms with Crippen LogP contribution in [0.4, 0.5) is 4.79 Å². The van der Waals surface area contributed by atoms with E-state index in [1.54, 1.807) is 4.90 Å². The first-order valence-corrected chi connectivity index (χ1v) is 9.32. The van der Waals surface area contributed by atoms with Crippen LogP contribution in [0.25, 0.3) is 11.1 Å². The molecule has 1 aliphatic carbocycles. The van der Waals surface area contributed by atoms with E-state index in [2.05, 4.69) is 43.3 Å². The number of rotatable bonds is 3. The van der Waals surface area contributed by atoms with Crippen molar-refractivity contribution in [3.05, 3.63) is 59.7 Å². The molecule has 2 aliphatic rings. The molecule has 1 N–H and O–H groups in total. The van der Waals surface area contributed by atoms with Gasteiger partial charge in [-0.25, -0.2) is 4.79 Å². The van der Waals surface area contributed by atoms with Gasteiger partial charge in [0, 0.05) is 25.6 Å². The van der Waals surface area contributed by atoms with Gasteiger partial charge < -0.3 is 14.7 Å². The SMILES string of the molecule is CC1(CO)CCN(C(=O)OCC2c3ccccc3-c3ccccc32)CC1. The Morgan fingerprint density at radius 2 is 1.62 bits per heavy atom. The number of aliphatic hydroxyl groups excluding tert-OH is 1. The highest BCUT2D eigenvalue weighted by Crippen LogP contribution is 2.44. The Hall–Kier alpha value is -2.33. The average molecular weight is 351 g/mol. The fraction of sp³-hybridized carbons (Fsp3) is 0.409. The van der Waals surface area contributed by atoms with Crippen molar-refractivity contribution in [3.8, 4) is 11.1 Å². The van der Waals surface area contributed by atoms with Gasteiger partial charge in [-0.15, -0.1) is 0 Å². The summed E-state index contributed by atoms with van der Waals surface area (Å²) >= 11 is 0. The normalized spacial score (nSPS) is 18.3. The molecule has 1 heterocycles. The predicted molar refractivity (Wildman–Crippen MR) is 101 cm³/mol. The van der Waals surface area contributed by atoms with Crippen LogP contribution in [0.3, 0.4) is 0 Å². The van der Waals surface area contributed by atoms with E-state index in [0.29, 0.717) is 19.7 Å². The molecule has 0 atom stereocenters. The molecule has 0 spiro atoms. The zero-order valence-electron chi connectivity index (χ0n) is 15.1. The lowest BCUT2D eigenvalue weighted by atomic mass is 9.81. The summed E-state index contributed by atoms with van der Waals surface area (Å²) < 4.78 is 5.71. The van der Waals surface area contributed by atoms with Crippen LogP contribution in [0.5, 0.6) is 0 Å². The molecule has 26 heavy (non-hydrogen) atoms. The van der Waals surface area contributed by atoms with E-state index in [4.69, 9.17) is 4.74 Å². The van der Waals surface area contributed by atoms with Gasteiger partial charge in [0.05, 0.1) is 0 Å². The van der Waals surface area contributed by atoms with E-state index in [1.807, 2.05) is 12.1 Å². The Morgan fingerprint density at radius 3 is 2.15 bits per heavy atom. The van der Waals surface area contributed by atoms with Crippen molar-refractivity contribution >= 4 is 6.09 Å². The molecule has 0 radical (unpaired) electrons. The number of ether oxygens (including phenoxy) is 1. The second-order valence-corrected chi connectivity index (χ2v) is 7.76. The van der Waals surface area contributed by atoms with E-state index in [-0.39, 0.29) is 24.0 Å². The van der Waals surface area contributed by atoms with Crippen molar-refractivity contribution in [3.63, 3.8) is 0 Å². The van der Waals surface area contributed by atoms with Gasteiger partial charge >= 0.3 is 6.09 Å². The molecule has 1 amide bonds. The highest BCUT2D eigenvalue weighted by atomic mass is 16.6. The molecule has 136 valence electrons. The number of aliphatic hydroxyl groups is 1. The van der Waals surface area contributed by atoms with E-state index < -0.39 is 0 Å². The van der Waals surface area contributed by atoms with E-state index in [0.717, 1.165) is 12.8 Å². The number of fused-ring (bicyclic) bond motifs is 3. The average Bonchev–Trinajstić information content (AvgIpc) is 3.01. The molecular weight excluding hydrogens is 326 g/mol. The van der Waals surface area contributed by atoms with Crippen LogP contribution in [0.2, 0.25) is 0 Å². The van der Waals surface area contributed by atoms with Crippen molar-refractivity contribution in [2.75, 3.05) is 26.3 Å². The first-order valence-electron chi connectivity index (χ1n) is 9.32. The minimum Gasteiger partial charge on any atom is -0.448 e. The second-order valence-electron chi connectivity index (χ2n) is 7.76. The van der Waals surface area contributed by atoms with Crippen molar-refractivity contribution < 1.29 is 14.6 Å². The maximum Gasteiger partial charge on any atom is 0.409 e. The van der Waals surface area contributed by atoms with Crippen LogP contribution in [0.15, 0.2) is 48.5 Å². The number of nitrogens with zero attached hydrogens (tertiary/aromatic N) is 1. The van der Waals surface area contributed by atoms with Crippen molar-refractivity contribution in [1.82, 2.24) is 4.90 Å². The van der Waals surface area contributed by atoms with Crippen molar-refractivity contribution in [2.45, 2.75) is 25.7 Å². The summed E-state index contributed by atoms with van der Waals surface area (Å²) in [5.74, 6) is 0.0962. The molecule has 1 fully saturated rings. The smallest absolute Gasteiger partial charge is 0.409 e. The molecule has 1 saturated heterocycles. The molecule has 2 aromatic carbocycles. The number of carbonyl (C=O) groups excluding carboxylic acids is 1. The minimum absolute atomic E-state index is 0.0693. The minimum atomic E-state index is -0.244. The number of benzene rings is 2. The van der Waals surface area contributed by atoms with Gasteiger partial charge in [-0.2, -0.15) is 0 Å². The van der Waals surface area contributed by atoms with Crippen LogP contribution in [0.1, 0.15) is 36.8 Å². The maximum absolute atomic E-state index is 12.5. The monoisotopic (exact) mass is 351 g/mol. The van der Waals surface area contributed by atoms with E-state index >= 15 is 0 Å². The Morgan fingerprint density at radius 1 is 1.08 bits per heavy atom. The van der Waals surface area contributed by atoms with Gasteiger partial charge in [-0.1, -0.05) is 55.5 Å². The largest absolute Gasteiger partial charge is 0.448 e. The molecule has 0 aromatic heterocycles. The summed E-state index contributed by atoms with van der Waals surface area (Å²) in [4.78, 5) is 14.3. The number of piperidine rings is 1. The van der Waals surface area contributed by atoms with Gasteiger partial charge in [-0.05, 0) is 40.5 Å². The first-order chi connectivity index (χ1) is 12.6. The summed E-state index contributed by atoms with van der Waals surface area (Å²) in [6.45, 7) is 3.90. The van der Waals surface area contributed by atoms with Crippen molar-refractivity contribution in [2.24, 2.45) is 5.41 Å². The molecule has 0 unspecified atom stereocenters. The summed E-state index contributed by atoms with van der Waals surface area (Å²) in [7, 11) is 0. The molecule has 4 heteroatoms. The lowest BCUT2D eigenvalue weighted by Crippen LogP contribution is -2.43. The number of carbonyl (C=O) groups is 1. The number of hydrogen-bond donors (Lipinski definition) is 1. The van der Waals surface area contributed by atoms with Crippen molar-refractivity contribution in [1.29, 1.82) is 0 Å². The number of likely N-dealkylation sites (tertiary alicyclic amines) is 1. The Kier molecular flexibility index (Phi) is 4.45. The second kappa shape index (κ2) is 6.76. The first kappa shape index (κ1) is 17.1. The summed E-state index contributed by atoms with van der Waals surface area (Å²) in [5, 5.41) is 9.47. The third kappa shape index (κ3) is 2.99. The Labute approximate surface area is 154 Å². The van der Waals surface area contributed by atoms with Gasteiger partial charge in [0.1, 0.15) is 6.61 Å². The summed E-state index contributed by atoms with van der Waals surface area (Å²) in [5.41, 5.74) is 4.86. The summed E-state index contributed by atoms with van der Waals surface area (Å²) in [6.07, 6.45) is 1.38. The summed E-state index contributed by atoms with van der Waals surface area (Å²) in [6, 6.07) is 16.7. The van der Waals surface area contributed by atoms with E-state index in [9.17, 15) is 9.90 Å². The number of amides is 1. The fourth-order valence-electron chi connectivity index (χ4n) is 4.07. The fourth-order valence-corrected chi connectivity index (χ4v) is 4.07. The van der Waals surface area contributed by atoms with E-state index in [1.165, 1.54) is 22.3 Å². The zero-order valence-corrected chi connectivity index (χ0v) is 15.1. The number of hydrogen-bond acceptors (Lipinski definition) is 3. The Bertz CT molecular complexity index is 763. The zero-order chi connectivity index (χ0) is 18.1. The van der Waals surface area contributed by atoms with Crippen LogP contribution >= 0.6 is 0 Å². The van der Waals surface area contributed by atoms with Gasteiger partial charge in [0.15, 0.2) is 0 Å². The lowest BCUT2D eigenvalue weighted by molar-refractivity contribution is 0.0434. The van der Waals surface area contributed by atoms with Gasteiger partial charge in [-0.3, -0.25) is 0 Å². The third-order valence-electron chi connectivity index (χ3n) is 5.95. The molecule has 4 nitrogen and oxygen atoms in total. The van der Waals surface area contributed by atoms with Crippen LogP contribution < -0.4 is 0 Å². The molecule has 1 aliphatic heterocycles. The molecule has 2 aromatic rings. The van der Waals surface area contributed by atoms with Crippen LogP contribution in [0, 0.1) is 5.41 Å². The Balaban J connectivity index is 1.45. The quantitative estimate of drug-likeness (QED) is 0.908.